The molecular weight excluding hydrogens is 299 g/mol. The largest absolute Gasteiger partial charge is 0.481 e. The highest BCUT2D eigenvalue weighted by atomic mass is 19.4. The first-order valence-electron chi connectivity index (χ1n) is 6.85. The van der Waals surface area contributed by atoms with Gasteiger partial charge in [-0.1, -0.05) is 25.1 Å². The van der Waals surface area contributed by atoms with Crippen LogP contribution in [0.1, 0.15) is 18.1 Å². The molecule has 1 aromatic carbocycles. The van der Waals surface area contributed by atoms with E-state index in [0.717, 1.165) is 12.1 Å². The van der Waals surface area contributed by atoms with Gasteiger partial charge in [-0.05, 0) is 17.5 Å². The molecule has 1 saturated heterocycles. The van der Waals surface area contributed by atoms with Gasteiger partial charge in [-0.25, -0.2) is 0 Å². The monoisotopic (exact) mass is 315 g/mol. The number of halogens is 3. The van der Waals surface area contributed by atoms with Crippen molar-refractivity contribution >= 4 is 11.9 Å². The van der Waals surface area contributed by atoms with Gasteiger partial charge in [-0.15, -0.1) is 0 Å². The van der Waals surface area contributed by atoms with Gasteiger partial charge < -0.3 is 10.0 Å². The highest BCUT2D eigenvalue weighted by molar-refractivity contribution is 5.81. The van der Waals surface area contributed by atoms with Crippen LogP contribution >= 0.6 is 0 Å². The minimum Gasteiger partial charge on any atom is -0.481 e. The summed E-state index contributed by atoms with van der Waals surface area (Å²) < 4.78 is 37.9. The van der Waals surface area contributed by atoms with Gasteiger partial charge in [-0.2, -0.15) is 13.2 Å². The van der Waals surface area contributed by atoms with Crippen LogP contribution in [0.4, 0.5) is 13.2 Å². The van der Waals surface area contributed by atoms with Crippen LogP contribution in [0.2, 0.25) is 0 Å². The summed E-state index contributed by atoms with van der Waals surface area (Å²) in [7, 11) is 0. The molecule has 1 heterocycles. The Hall–Kier alpha value is -2.05. The first kappa shape index (κ1) is 16.3. The van der Waals surface area contributed by atoms with Crippen LogP contribution in [0.25, 0.3) is 0 Å². The molecule has 0 saturated carbocycles. The standard InChI is InChI=1S/C15H16F3NO3/c1-9-7-19(8-12(9)14(21)22)13(20)6-10-3-2-4-11(5-10)15(16,17)18/h2-5,9,12H,6-8H2,1H3,(H,21,22)/t9-,12-/m1/s1. The number of carbonyl (C=O) groups excluding carboxylic acids is 1. The van der Waals surface area contributed by atoms with Crippen molar-refractivity contribution in [1.82, 2.24) is 4.90 Å². The Balaban J connectivity index is 2.06. The number of hydrogen-bond acceptors (Lipinski definition) is 2. The molecular formula is C15H16F3NO3. The van der Waals surface area contributed by atoms with E-state index in [2.05, 4.69) is 0 Å². The van der Waals surface area contributed by atoms with E-state index < -0.39 is 23.6 Å². The van der Waals surface area contributed by atoms with E-state index in [1.807, 2.05) is 0 Å². The molecule has 22 heavy (non-hydrogen) atoms. The van der Waals surface area contributed by atoms with E-state index in [9.17, 15) is 22.8 Å². The molecule has 1 fully saturated rings. The summed E-state index contributed by atoms with van der Waals surface area (Å²) in [6.45, 7) is 2.17. The summed E-state index contributed by atoms with van der Waals surface area (Å²) in [5.74, 6) is -2.09. The number of rotatable bonds is 3. The van der Waals surface area contributed by atoms with E-state index in [0.29, 0.717) is 6.54 Å². The lowest BCUT2D eigenvalue weighted by molar-refractivity contribution is -0.142. The molecule has 0 aromatic heterocycles. The van der Waals surface area contributed by atoms with Crippen LogP contribution in [0, 0.1) is 11.8 Å². The predicted octanol–water partition coefficient (Wildman–Crippen LogP) is 2.43. The van der Waals surface area contributed by atoms with E-state index in [-0.39, 0.29) is 30.4 Å². The summed E-state index contributed by atoms with van der Waals surface area (Å²) >= 11 is 0. The summed E-state index contributed by atoms with van der Waals surface area (Å²) in [5.41, 5.74) is -0.526. The summed E-state index contributed by atoms with van der Waals surface area (Å²) in [5, 5.41) is 9.04. The van der Waals surface area contributed by atoms with Crippen LogP contribution in [-0.2, 0) is 22.2 Å². The van der Waals surface area contributed by atoms with Gasteiger partial charge in [0.25, 0.3) is 0 Å². The molecule has 0 aliphatic carbocycles. The van der Waals surface area contributed by atoms with Gasteiger partial charge in [0.2, 0.25) is 5.91 Å². The van der Waals surface area contributed by atoms with Crippen molar-refractivity contribution in [2.75, 3.05) is 13.1 Å². The van der Waals surface area contributed by atoms with E-state index >= 15 is 0 Å². The predicted molar refractivity (Wildman–Crippen MR) is 72.0 cm³/mol. The molecule has 1 N–H and O–H groups in total. The molecule has 0 radical (unpaired) electrons. The van der Waals surface area contributed by atoms with Crippen molar-refractivity contribution in [2.45, 2.75) is 19.5 Å². The van der Waals surface area contributed by atoms with Crippen LogP contribution in [-0.4, -0.2) is 35.0 Å². The quantitative estimate of drug-likeness (QED) is 0.932. The number of likely N-dealkylation sites (tertiary alicyclic amines) is 1. The van der Waals surface area contributed by atoms with Gasteiger partial charge in [0, 0.05) is 13.1 Å². The second-order valence-corrected chi connectivity index (χ2v) is 5.60. The van der Waals surface area contributed by atoms with Crippen molar-refractivity contribution in [2.24, 2.45) is 11.8 Å². The number of hydrogen-bond donors (Lipinski definition) is 1. The number of carboxylic acid groups (broad SMARTS) is 1. The first-order valence-corrected chi connectivity index (χ1v) is 6.85. The number of carboxylic acids is 1. The van der Waals surface area contributed by atoms with Crippen LogP contribution < -0.4 is 0 Å². The molecule has 1 aliphatic heterocycles. The Morgan fingerprint density at radius 1 is 1.32 bits per heavy atom. The van der Waals surface area contributed by atoms with E-state index in [4.69, 9.17) is 5.11 Å². The Morgan fingerprint density at radius 3 is 2.55 bits per heavy atom. The first-order chi connectivity index (χ1) is 10.2. The van der Waals surface area contributed by atoms with Gasteiger partial charge >= 0.3 is 12.1 Å². The van der Waals surface area contributed by atoms with Gasteiger partial charge in [-0.3, -0.25) is 9.59 Å². The molecule has 2 atom stereocenters. The minimum absolute atomic E-state index is 0.105. The van der Waals surface area contributed by atoms with Gasteiger partial charge in [0.05, 0.1) is 17.9 Å². The average molecular weight is 315 g/mol. The fourth-order valence-electron chi connectivity index (χ4n) is 2.64. The van der Waals surface area contributed by atoms with Crippen molar-refractivity contribution in [3.05, 3.63) is 35.4 Å². The summed E-state index contributed by atoms with van der Waals surface area (Å²) in [6, 6.07) is 4.62. The van der Waals surface area contributed by atoms with Crippen LogP contribution in [0.5, 0.6) is 0 Å². The molecule has 7 heteroatoms. The third-order valence-corrected chi connectivity index (χ3v) is 3.89. The fourth-order valence-corrected chi connectivity index (χ4v) is 2.64. The highest BCUT2D eigenvalue weighted by Crippen LogP contribution is 2.30. The summed E-state index contributed by atoms with van der Waals surface area (Å²) in [6.07, 6.45) is -4.61. The highest BCUT2D eigenvalue weighted by Gasteiger charge is 2.37. The van der Waals surface area contributed by atoms with E-state index in [1.54, 1.807) is 6.92 Å². The molecule has 120 valence electrons. The second-order valence-electron chi connectivity index (χ2n) is 5.60. The lowest BCUT2D eigenvalue weighted by atomic mass is 9.99. The Bertz CT molecular complexity index is 586. The number of benzene rings is 1. The third kappa shape index (κ3) is 3.58. The topological polar surface area (TPSA) is 57.6 Å². The molecule has 0 bridgehead atoms. The maximum absolute atomic E-state index is 12.6. The zero-order valence-electron chi connectivity index (χ0n) is 11.9. The number of alkyl halides is 3. The normalized spacial score (nSPS) is 21.9. The van der Waals surface area contributed by atoms with E-state index in [1.165, 1.54) is 17.0 Å². The number of carbonyl (C=O) groups is 2. The zero-order valence-corrected chi connectivity index (χ0v) is 11.9. The zero-order chi connectivity index (χ0) is 16.5. The molecule has 1 aliphatic rings. The van der Waals surface area contributed by atoms with Gasteiger partial charge in [0.1, 0.15) is 0 Å². The van der Waals surface area contributed by atoms with Crippen molar-refractivity contribution < 1.29 is 27.9 Å². The lowest BCUT2D eigenvalue weighted by Gasteiger charge is -2.16. The molecule has 0 spiro atoms. The smallest absolute Gasteiger partial charge is 0.416 e. The minimum atomic E-state index is -4.45. The van der Waals surface area contributed by atoms with Crippen molar-refractivity contribution in [3.63, 3.8) is 0 Å². The Kier molecular flexibility index (Phi) is 4.44. The third-order valence-electron chi connectivity index (χ3n) is 3.89. The summed E-state index contributed by atoms with van der Waals surface area (Å²) in [4.78, 5) is 24.6. The van der Waals surface area contributed by atoms with Crippen LogP contribution in [0.3, 0.4) is 0 Å². The Labute approximate surface area is 125 Å². The Morgan fingerprint density at radius 2 is 2.00 bits per heavy atom. The molecule has 1 aromatic rings. The lowest BCUT2D eigenvalue weighted by Crippen LogP contribution is -2.31. The number of amides is 1. The maximum Gasteiger partial charge on any atom is 0.416 e. The van der Waals surface area contributed by atoms with Crippen LogP contribution in [0.15, 0.2) is 24.3 Å². The fraction of sp³-hybridized carbons (Fsp3) is 0.467. The van der Waals surface area contributed by atoms with Crippen molar-refractivity contribution in [1.29, 1.82) is 0 Å². The molecule has 4 nitrogen and oxygen atoms in total. The molecule has 1 amide bonds. The number of aliphatic carboxylic acids is 1. The maximum atomic E-state index is 12.6. The molecule has 0 unspecified atom stereocenters. The average Bonchev–Trinajstić information content (AvgIpc) is 2.80. The SMILES string of the molecule is C[C@@H]1CN(C(=O)Cc2cccc(C(F)(F)F)c2)C[C@H]1C(=O)O. The van der Waals surface area contributed by atoms with Gasteiger partial charge in [0.15, 0.2) is 0 Å². The molecule has 2 rings (SSSR count). The second kappa shape index (κ2) is 5.98. The number of nitrogens with zero attached hydrogens (tertiary/aromatic N) is 1. The van der Waals surface area contributed by atoms with Crippen molar-refractivity contribution in [3.8, 4) is 0 Å².